The standard InChI is InChI=1S/C27H35N9O/c1-3-37-23-12-13-31-35(23)21-6-4-19(5-7-21)25-24-26(28)29-18-30-27(24)36(32-25)22-10-8-20(9-11-22)34-16-14-33(2)15-17-34/h4-7,12-13,18,20,22H,3,8-11,14-17H2,1-2H3,(H2,28,29,30). The van der Waals surface area contributed by atoms with Crippen LogP contribution in [0.15, 0.2) is 42.9 Å². The lowest BCUT2D eigenvalue weighted by Crippen LogP contribution is -2.49. The molecule has 10 heteroatoms. The zero-order chi connectivity index (χ0) is 25.4. The van der Waals surface area contributed by atoms with Crippen LogP contribution in [0.3, 0.4) is 0 Å². The molecule has 1 aliphatic carbocycles. The van der Waals surface area contributed by atoms with Crippen LogP contribution >= 0.6 is 0 Å². The van der Waals surface area contributed by atoms with Crippen molar-refractivity contribution in [1.29, 1.82) is 0 Å². The predicted octanol–water partition coefficient (Wildman–Crippen LogP) is 3.39. The lowest BCUT2D eigenvalue weighted by Gasteiger charge is -2.41. The molecule has 6 rings (SSSR count). The summed E-state index contributed by atoms with van der Waals surface area (Å²) in [4.78, 5) is 14.0. The fourth-order valence-electron chi connectivity index (χ4n) is 5.81. The molecule has 1 aliphatic heterocycles. The normalized spacial score (nSPS) is 21.5. The van der Waals surface area contributed by atoms with Crippen LogP contribution in [-0.4, -0.2) is 85.2 Å². The lowest BCUT2D eigenvalue weighted by molar-refractivity contribution is 0.0815. The second kappa shape index (κ2) is 10.1. The molecule has 1 saturated carbocycles. The Morgan fingerprint density at radius 1 is 0.946 bits per heavy atom. The van der Waals surface area contributed by atoms with E-state index in [4.69, 9.17) is 15.6 Å². The average Bonchev–Trinajstić information content (AvgIpc) is 3.55. The smallest absolute Gasteiger partial charge is 0.216 e. The Kier molecular flexibility index (Phi) is 6.52. The molecule has 2 aliphatic rings. The molecule has 2 N–H and O–H groups in total. The summed E-state index contributed by atoms with van der Waals surface area (Å²) >= 11 is 0. The maximum atomic E-state index is 6.38. The minimum Gasteiger partial charge on any atom is -0.478 e. The number of rotatable bonds is 6. The second-order valence-electron chi connectivity index (χ2n) is 10.1. The van der Waals surface area contributed by atoms with Crippen molar-refractivity contribution in [2.24, 2.45) is 0 Å². The zero-order valence-electron chi connectivity index (χ0n) is 21.6. The average molecular weight is 502 g/mol. The van der Waals surface area contributed by atoms with Crippen LogP contribution < -0.4 is 10.5 Å². The van der Waals surface area contributed by atoms with E-state index in [0.29, 0.717) is 24.5 Å². The van der Waals surface area contributed by atoms with E-state index in [1.807, 2.05) is 25.1 Å². The topological polar surface area (TPSA) is 103 Å². The van der Waals surface area contributed by atoms with Gasteiger partial charge < -0.3 is 15.4 Å². The number of hydrogen-bond acceptors (Lipinski definition) is 8. The van der Waals surface area contributed by atoms with E-state index in [1.165, 1.54) is 25.9 Å². The Morgan fingerprint density at radius 3 is 2.41 bits per heavy atom. The minimum absolute atomic E-state index is 0.311. The molecule has 0 radical (unpaired) electrons. The fraction of sp³-hybridized carbons (Fsp3) is 0.481. The van der Waals surface area contributed by atoms with Crippen molar-refractivity contribution in [3.05, 3.63) is 42.9 Å². The molecule has 1 saturated heterocycles. The van der Waals surface area contributed by atoms with Gasteiger partial charge in [0.25, 0.3) is 0 Å². The third-order valence-corrected chi connectivity index (χ3v) is 7.87. The minimum atomic E-state index is 0.311. The molecule has 3 aromatic heterocycles. The maximum Gasteiger partial charge on any atom is 0.216 e. The summed E-state index contributed by atoms with van der Waals surface area (Å²) < 4.78 is 9.59. The van der Waals surface area contributed by atoms with Gasteiger partial charge in [-0.1, -0.05) is 12.1 Å². The van der Waals surface area contributed by atoms with Gasteiger partial charge in [-0.2, -0.15) is 10.2 Å². The van der Waals surface area contributed by atoms with Crippen LogP contribution in [0.25, 0.3) is 28.0 Å². The summed E-state index contributed by atoms with van der Waals surface area (Å²) in [7, 11) is 2.21. The molecule has 4 aromatic rings. The molecule has 10 nitrogen and oxygen atoms in total. The highest BCUT2D eigenvalue weighted by atomic mass is 16.5. The van der Waals surface area contributed by atoms with E-state index in [0.717, 1.165) is 59.8 Å². The number of hydrogen-bond donors (Lipinski definition) is 1. The van der Waals surface area contributed by atoms with Crippen LogP contribution in [0, 0.1) is 0 Å². The van der Waals surface area contributed by atoms with Crippen molar-refractivity contribution < 1.29 is 4.74 Å². The van der Waals surface area contributed by atoms with E-state index in [9.17, 15) is 0 Å². The number of fused-ring (bicyclic) bond motifs is 1. The number of aromatic nitrogens is 6. The molecular weight excluding hydrogens is 466 g/mol. The number of nitrogen functional groups attached to an aromatic ring is 1. The van der Waals surface area contributed by atoms with Crippen LogP contribution in [0.2, 0.25) is 0 Å². The molecule has 0 atom stereocenters. The van der Waals surface area contributed by atoms with Gasteiger partial charge in [0, 0.05) is 43.9 Å². The van der Waals surface area contributed by atoms with Crippen LogP contribution in [0.5, 0.6) is 5.88 Å². The van der Waals surface area contributed by atoms with Crippen molar-refractivity contribution in [2.45, 2.75) is 44.7 Å². The molecule has 194 valence electrons. The third-order valence-electron chi connectivity index (χ3n) is 7.87. The highest BCUT2D eigenvalue weighted by molar-refractivity contribution is 5.98. The molecule has 4 heterocycles. The van der Waals surface area contributed by atoms with E-state index >= 15 is 0 Å². The Labute approximate surface area is 217 Å². The molecule has 0 spiro atoms. The number of nitrogens with two attached hydrogens (primary N) is 1. The lowest BCUT2D eigenvalue weighted by atomic mass is 9.90. The number of anilines is 1. The molecule has 0 amide bonds. The molecule has 1 aromatic carbocycles. The number of benzene rings is 1. The van der Waals surface area contributed by atoms with Gasteiger partial charge >= 0.3 is 0 Å². The Balaban J connectivity index is 1.26. The van der Waals surface area contributed by atoms with Gasteiger partial charge in [-0.05, 0) is 51.8 Å². The van der Waals surface area contributed by atoms with E-state index in [1.54, 1.807) is 17.2 Å². The first-order valence-corrected chi connectivity index (χ1v) is 13.3. The second-order valence-corrected chi connectivity index (χ2v) is 10.1. The molecule has 0 bridgehead atoms. The highest BCUT2D eigenvalue weighted by Gasteiger charge is 2.30. The first kappa shape index (κ1) is 23.9. The van der Waals surface area contributed by atoms with Crippen LogP contribution in [-0.2, 0) is 0 Å². The molecule has 0 unspecified atom stereocenters. The van der Waals surface area contributed by atoms with Crippen molar-refractivity contribution in [2.75, 3.05) is 45.6 Å². The number of piperazine rings is 1. The third kappa shape index (κ3) is 4.55. The summed E-state index contributed by atoms with van der Waals surface area (Å²) in [5.41, 5.74) is 9.93. The summed E-state index contributed by atoms with van der Waals surface area (Å²) in [5, 5.41) is 10.3. The molecule has 2 fully saturated rings. The maximum absolute atomic E-state index is 6.38. The Bertz CT molecular complexity index is 1350. The van der Waals surface area contributed by atoms with Gasteiger partial charge in [0.1, 0.15) is 17.8 Å². The number of ether oxygens (including phenoxy) is 1. The Hall–Kier alpha value is -3.50. The first-order chi connectivity index (χ1) is 18.1. The van der Waals surface area contributed by atoms with E-state index < -0.39 is 0 Å². The predicted molar refractivity (Wildman–Crippen MR) is 144 cm³/mol. The number of nitrogens with zero attached hydrogens (tertiary/aromatic N) is 8. The first-order valence-electron chi connectivity index (χ1n) is 13.3. The highest BCUT2D eigenvalue weighted by Crippen LogP contribution is 2.37. The summed E-state index contributed by atoms with van der Waals surface area (Å²) in [6.07, 6.45) is 7.85. The van der Waals surface area contributed by atoms with Crippen molar-refractivity contribution in [1.82, 2.24) is 39.3 Å². The summed E-state index contributed by atoms with van der Waals surface area (Å²) in [6.45, 7) is 7.22. The van der Waals surface area contributed by atoms with Gasteiger partial charge in [-0.25, -0.2) is 19.3 Å². The van der Waals surface area contributed by atoms with Gasteiger partial charge in [-0.15, -0.1) is 0 Å². The van der Waals surface area contributed by atoms with E-state index in [-0.39, 0.29) is 0 Å². The van der Waals surface area contributed by atoms with Gasteiger partial charge in [0.05, 0.1) is 29.9 Å². The van der Waals surface area contributed by atoms with Crippen molar-refractivity contribution in [3.8, 4) is 22.8 Å². The van der Waals surface area contributed by atoms with Crippen LogP contribution in [0.4, 0.5) is 5.82 Å². The van der Waals surface area contributed by atoms with Crippen LogP contribution in [0.1, 0.15) is 38.6 Å². The fourth-order valence-corrected chi connectivity index (χ4v) is 5.81. The summed E-state index contributed by atoms with van der Waals surface area (Å²) in [5.74, 6) is 1.18. The quantitative estimate of drug-likeness (QED) is 0.429. The van der Waals surface area contributed by atoms with Crippen molar-refractivity contribution in [3.63, 3.8) is 0 Å². The van der Waals surface area contributed by atoms with E-state index in [2.05, 4.69) is 48.7 Å². The Morgan fingerprint density at radius 2 is 1.68 bits per heavy atom. The van der Waals surface area contributed by atoms with Gasteiger partial charge in [0.2, 0.25) is 5.88 Å². The zero-order valence-corrected chi connectivity index (χ0v) is 21.6. The number of likely N-dealkylation sites (N-methyl/N-ethyl adjacent to an activating group) is 1. The van der Waals surface area contributed by atoms with Gasteiger partial charge in [0.15, 0.2) is 5.65 Å². The largest absolute Gasteiger partial charge is 0.478 e. The monoisotopic (exact) mass is 501 g/mol. The molecule has 37 heavy (non-hydrogen) atoms. The molecular formula is C27H35N9O. The van der Waals surface area contributed by atoms with Crippen molar-refractivity contribution >= 4 is 16.9 Å². The SMILES string of the molecule is CCOc1ccnn1-c1ccc(-c2nn(C3CCC(N4CCN(C)CC4)CC3)c3ncnc(N)c23)cc1. The van der Waals surface area contributed by atoms with Gasteiger partial charge in [-0.3, -0.25) is 4.90 Å². The summed E-state index contributed by atoms with van der Waals surface area (Å²) in [6, 6.07) is 11.0.